The lowest BCUT2D eigenvalue weighted by atomic mass is 9.90. The number of nitrogens with zero attached hydrogens (tertiary/aromatic N) is 1. The van der Waals surface area contributed by atoms with Gasteiger partial charge in [0.2, 0.25) is 10.0 Å². The van der Waals surface area contributed by atoms with E-state index in [4.69, 9.17) is 11.6 Å². The minimum atomic E-state index is -3.58. The van der Waals surface area contributed by atoms with Gasteiger partial charge in [0.05, 0.1) is 4.90 Å². The van der Waals surface area contributed by atoms with Gasteiger partial charge in [-0.25, -0.2) is 13.1 Å². The molecule has 0 radical (unpaired) electrons. The maximum absolute atomic E-state index is 12.7. The molecule has 6 heteroatoms. The highest BCUT2D eigenvalue weighted by molar-refractivity contribution is 7.89. The Labute approximate surface area is 167 Å². The molecule has 0 saturated carbocycles. The summed E-state index contributed by atoms with van der Waals surface area (Å²) in [5.41, 5.74) is 1.14. The van der Waals surface area contributed by atoms with E-state index in [0.29, 0.717) is 23.4 Å². The van der Waals surface area contributed by atoms with Crippen LogP contribution >= 0.6 is 11.6 Å². The number of sulfonamides is 1. The third-order valence-electron chi connectivity index (χ3n) is 5.11. The first-order valence-electron chi connectivity index (χ1n) is 9.39. The summed E-state index contributed by atoms with van der Waals surface area (Å²) in [7, 11) is -3.58. The van der Waals surface area contributed by atoms with Crippen LogP contribution in [0.1, 0.15) is 31.9 Å². The molecule has 2 aromatic carbocycles. The lowest BCUT2D eigenvalue weighted by Crippen LogP contribution is -2.45. The summed E-state index contributed by atoms with van der Waals surface area (Å²) in [6, 6.07) is 16.4. The SMILES string of the molecule is C[C@@H]1C[C@H](C)CN([C@H](CNS(=O)(=O)c2ccc(Cl)cc2)c2ccccc2)C1. The van der Waals surface area contributed by atoms with Crippen LogP contribution in [0.15, 0.2) is 59.5 Å². The van der Waals surface area contributed by atoms with Crippen molar-refractivity contribution in [2.45, 2.75) is 31.2 Å². The maximum Gasteiger partial charge on any atom is 0.240 e. The van der Waals surface area contributed by atoms with Gasteiger partial charge in [-0.15, -0.1) is 0 Å². The average molecular weight is 407 g/mol. The van der Waals surface area contributed by atoms with Crippen LogP contribution in [0.4, 0.5) is 0 Å². The largest absolute Gasteiger partial charge is 0.294 e. The first-order chi connectivity index (χ1) is 12.8. The number of halogens is 1. The Morgan fingerprint density at radius 3 is 2.22 bits per heavy atom. The lowest BCUT2D eigenvalue weighted by Gasteiger charge is -2.40. The number of piperidine rings is 1. The second kappa shape index (κ2) is 8.74. The molecule has 27 heavy (non-hydrogen) atoms. The van der Waals surface area contributed by atoms with Gasteiger partial charge in [-0.2, -0.15) is 0 Å². The van der Waals surface area contributed by atoms with Crippen LogP contribution in [0.25, 0.3) is 0 Å². The number of likely N-dealkylation sites (tertiary alicyclic amines) is 1. The summed E-state index contributed by atoms with van der Waals surface area (Å²) < 4.78 is 28.2. The molecule has 0 amide bonds. The Morgan fingerprint density at radius 2 is 1.63 bits per heavy atom. The molecule has 4 nitrogen and oxygen atoms in total. The minimum absolute atomic E-state index is 0.0125. The molecule has 1 heterocycles. The zero-order valence-corrected chi connectivity index (χ0v) is 17.4. The molecule has 2 aromatic rings. The van der Waals surface area contributed by atoms with Crippen molar-refractivity contribution in [3.05, 3.63) is 65.2 Å². The van der Waals surface area contributed by atoms with Gasteiger partial charge in [0.1, 0.15) is 0 Å². The quantitative estimate of drug-likeness (QED) is 0.776. The molecule has 0 aromatic heterocycles. The van der Waals surface area contributed by atoms with Crippen LogP contribution in [0, 0.1) is 11.8 Å². The topological polar surface area (TPSA) is 49.4 Å². The van der Waals surface area contributed by atoms with Gasteiger partial charge in [-0.05, 0) is 48.1 Å². The van der Waals surface area contributed by atoms with Gasteiger partial charge in [-0.1, -0.05) is 55.8 Å². The molecular formula is C21H27ClN2O2S. The van der Waals surface area contributed by atoms with Gasteiger partial charge in [0, 0.05) is 30.7 Å². The van der Waals surface area contributed by atoms with E-state index in [0.717, 1.165) is 18.7 Å². The molecule has 0 aliphatic carbocycles. The summed E-state index contributed by atoms with van der Waals surface area (Å²) in [5, 5.41) is 0.521. The predicted molar refractivity (Wildman–Crippen MR) is 110 cm³/mol. The third kappa shape index (κ3) is 5.32. The van der Waals surface area contributed by atoms with Crippen LogP contribution < -0.4 is 4.72 Å². The summed E-state index contributed by atoms with van der Waals surface area (Å²) in [5.74, 6) is 1.21. The highest BCUT2D eigenvalue weighted by Crippen LogP contribution is 2.29. The Hall–Kier alpha value is -1.40. The number of hydrogen-bond donors (Lipinski definition) is 1. The average Bonchev–Trinajstić information content (AvgIpc) is 2.62. The minimum Gasteiger partial charge on any atom is -0.294 e. The molecule has 3 rings (SSSR count). The molecule has 0 bridgehead atoms. The van der Waals surface area contributed by atoms with Crippen LogP contribution in [-0.2, 0) is 10.0 Å². The second-order valence-electron chi connectivity index (χ2n) is 7.63. The van der Waals surface area contributed by atoms with Crippen LogP contribution in [0.5, 0.6) is 0 Å². The first-order valence-corrected chi connectivity index (χ1v) is 11.3. The first kappa shape index (κ1) is 20.3. The van der Waals surface area contributed by atoms with Crippen molar-refractivity contribution in [3.63, 3.8) is 0 Å². The molecule has 1 saturated heterocycles. The standard InChI is InChI=1S/C21H27ClN2O2S/c1-16-12-17(2)15-24(14-16)21(18-6-4-3-5-7-18)13-23-27(25,26)20-10-8-19(22)9-11-20/h3-11,16-17,21,23H,12-15H2,1-2H3/t16-,17+,21-/m1/s1. The Kier molecular flexibility index (Phi) is 6.58. The van der Waals surface area contributed by atoms with Crippen molar-refractivity contribution >= 4 is 21.6 Å². The molecular weight excluding hydrogens is 380 g/mol. The molecule has 146 valence electrons. The van der Waals surface area contributed by atoms with E-state index >= 15 is 0 Å². The monoisotopic (exact) mass is 406 g/mol. The van der Waals surface area contributed by atoms with Crippen molar-refractivity contribution in [3.8, 4) is 0 Å². The van der Waals surface area contributed by atoms with E-state index in [2.05, 4.69) is 35.6 Å². The number of nitrogens with one attached hydrogen (secondary N) is 1. The Bertz CT molecular complexity index is 830. The molecule has 1 N–H and O–H groups in total. The third-order valence-corrected chi connectivity index (χ3v) is 6.80. The van der Waals surface area contributed by atoms with Crippen molar-refractivity contribution < 1.29 is 8.42 Å². The van der Waals surface area contributed by atoms with Crippen molar-refractivity contribution in [2.24, 2.45) is 11.8 Å². The highest BCUT2D eigenvalue weighted by Gasteiger charge is 2.29. The van der Waals surface area contributed by atoms with Gasteiger partial charge in [0.15, 0.2) is 0 Å². The van der Waals surface area contributed by atoms with Crippen molar-refractivity contribution in [1.82, 2.24) is 9.62 Å². The van der Waals surface area contributed by atoms with Gasteiger partial charge >= 0.3 is 0 Å². The predicted octanol–water partition coefficient (Wildman–Crippen LogP) is 4.34. The van der Waals surface area contributed by atoms with Crippen LogP contribution in [-0.4, -0.2) is 33.0 Å². The van der Waals surface area contributed by atoms with E-state index < -0.39 is 10.0 Å². The molecule has 1 fully saturated rings. The van der Waals surface area contributed by atoms with Crippen molar-refractivity contribution in [1.29, 1.82) is 0 Å². The van der Waals surface area contributed by atoms with Crippen LogP contribution in [0.2, 0.25) is 5.02 Å². The fourth-order valence-electron chi connectivity index (χ4n) is 3.98. The van der Waals surface area contributed by atoms with Gasteiger partial charge in [-0.3, -0.25) is 4.90 Å². The molecule has 3 atom stereocenters. The second-order valence-corrected chi connectivity index (χ2v) is 9.84. The molecule has 0 spiro atoms. The maximum atomic E-state index is 12.7. The fourth-order valence-corrected chi connectivity index (χ4v) is 5.15. The van der Waals surface area contributed by atoms with E-state index in [1.165, 1.54) is 18.6 Å². The van der Waals surface area contributed by atoms with Gasteiger partial charge < -0.3 is 0 Å². The Morgan fingerprint density at radius 1 is 1.04 bits per heavy atom. The van der Waals surface area contributed by atoms with E-state index in [-0.39, 0.29) is 10.9 Å². The van der Waals surface area contributed by atoms with E-state index in [1.54, 1.807) is 12.1 Å². The smallest absolute Gasteiger partial charge is 0.240 e. The number of hydrogen-bond acceptors (Lipinski definition) is 3. The normalized spacial score (nSPS) is 22.5. The van der Waals surface area contributed by atoms with Gasteiger partial charge in [0.25, 0.3) is 0 Å². The number of benzene rings is 2. The summed E-state index contributed by atoms with van der Waals surface area (Å²) >= 11 is 5.88. The fraction of sp³-hybridized carbons (Fsp3) is 0.429. The summed E-state index contributed by atoms with van der Waals surface area (Å²) in [4.78, 5) is 2.65. The molecule has 1 aliphatic heterocycles. The summed E-state index contributed by atoms with van der Waals surface area (Å²) in [6.07, 6.45) is 1.22. The highest BCUT2D eigenvalue weighted by atomic mass is 35.5. The molecule has 0 unspecified atom stereocenters. The summed E-state index contributed by atoms with van der Waals surface area (Å²) in [6.45, 7) is 6.83. The number of rotatable bonds is 6. The molecule has 1 aliphatic rings. The van der Waals surface area contributed by atoms with E-state index in [1.807, 2.05) is 18.2 Å². The van der Waals surface area contributed by atoms with Crippen molar-refractivity contribution in [2.75, 3.05) is 19.6 Å². The zero-order valence-electron chi connectivity index (χ0n) is 15.8. The van der Waals surface area contributed by atoms with E-state index in [9.17, 15) is 8.42 Å². The Balaban J connectivity index is 1.80. The lowest BCUT2D eigenvalue weighted by molar-refractivity contribution is 0.0967. The van der Waals surface area contributed by atoms with Crippen LogP contribution in [0.3, 0.4) is 0 Å². The zero-order chi connectivity index (χ0) is 19.4.